The molecule has 2 N–H and O–H groups in total. The first-order valence-electron chi connectivity index (χ1n) is 5.97. The lowest BCUT2D eigenvalue weighted by atomic mass is 10.1. The van der Waals surface area contributed by atoms with Crippen molar-refractivity contribution in [2.45, 2.75) is 0 Å². The monoisotopic (exact) mass is 394 g/mol. The lowest BCUT2D eigenvalue weighted by molar-refractivity contribution is -0.393. The van der Waals surface area contributed by atoms with E-state index in [-0.39, 0.29) is 23.7 Å². The van der Waals surface area contributed by atoms with Crippen LogP contribution in [0.4, 0.5) is 17.1 Å². The van der Waals surface area contributed by atoms with Gasteiger partial charge in [-0.1, -0.05) is 15.9 Å². The molecule has 22 heavy (non-hydrogen) atoms. The molecule has 0 spiro atoms. The Labute approximate surface area is 138 Å². The van der Waals surface area contributed by atoms with Gasteiger partial charge in [-0.05, 0) is 6.07 Å². The molecule has 1 aromatic carbocycles. The van der Waals surface area contributed by atoms with E-state index in [4.69, 9.17) is 17.3 Å². The van der Waals surface area contributed by atoms with Crippen LogP contribution >= 0.6 is 27.5 Å². The number of hydrogen-bond donors (Lipinski definition) is 1. The molecule has 0 aromatic heterocycles. The molecule has 11 heteroatoms. The number of hydrogen-bond acceptors (Lipinski definition) is 6. The molecule has 1 aromatic rings. The largest absolute Gasteiger partial charge is 0.365 e. The highest BCUT2D eigenvalue weighted by atomic mass is 79.9. The number of amides is 1. The second-order valence-corrected chi connectivity index (χ2v) is 5.27. The second kappa shape index (κ2) is 7.90. The molecular weight excluding hydrogens is 384 g/mol. The summed E-state index contributed by atoms with van der Waals surface area (Å²) in [5.41, 5.74) is 3.61. The van der Waals surface area contributed by atoms with Crippen LogP contribution in [0.5, 0.6) is 0 Å². The van der Waals surface area contributed by atoms with Crippen molar-refractivity contribution in [3.8, 4) is 0 Å². The van der Waals surface area contributed by atoms with Crippen molar-refractivity contribution in [3.05, 3.63) is 37.9 Å². The van der Waals surface area contributed by atoms with Gasteiger partial charge in [-0.25, -0.2) is 0 Å². The number of nitro groups is 2. The molecular formula is C11H12BrClN4O5. The average Bonchev–Trinajstić information content (AvgIpc) is 2.45. The number of benzene rings is 1. The molecule has 0 aliphatic heterocycles. The molecule has 0 saturated carbocycles. The summed E-state index contributed by atoms with van der Waals surface area (Å²) in [6.07, 6.45) is 0. The molecule has 0 aliphatic carbocycles. The van der Waals surface area contributed by atoms with Crippen LogP contribution in [-0.2, 0) is 0 Å². The van der Waals surface area contributed by atoms with Gasteiger partial charge in [0.15, 0.2) is 0 Å². The summed E-state index contributed by atoms with van der Waals surface area (Å²) in [6, 6.07) is 1.80. The van der Waals surface area contributed by atoms with Crippen LogP contribution in [0.15, 0.2) is 12.1 Å². The van der Waals surface area contributed by atoms with E-state index in [9.17, 15) is 25.0 Å². The Morgan fingerprint density at radius 2 is 1.82 bits per heavy atom. The summed E-state index contributed by atoms with van der Waals surface area (Å²) >= 11 is 8.88. The zero-order chi connectivity index (χ0) is 16.9. The molecule has 1 amide bonds. The number of nitrogens with zero attached hydrogens (tertiary/aromatic N) is 3. The van der Waals surface area contributed by atoms with Crippen molar-refractivity contribution < 1.29 is 14.6 Å². The zero-order valence-corrected chi connectivity index (χ0v) is 13.5. The van der Waals surface area contributed by atoms with Gasteiger partial charge in [0.05, 0.1) is 15.9 Å². The third-order valence-electron chi connectivity index (χ3n) is 2.80. The molecule has 9 nitrogen and oxygen atoms in total. The Morgan fingerprint density at radius 3 is 2.23 bits per heavy atom. The van der Waals surface area contributed by atoms with Gasteiger partial charge in [0.25, 0.3) is 17.3 Å². The van der Waals surface area contributed by atoms with Crippen molar-refractivity contribution in [3.63, 3.8) is 0 Å². The first-order chi connectivity index (χ1) is 10.3. The summed E-state index contributed by atoms with van der Waals surface area (Å²) in [4.78, 5) is 33.5. The topological polar surface area (TPSA) is 133 Å². The van der Waals surface area contributed by atoms with Crippen molar-refractivity contribution in [2.75, 3.05) is 29.2 Å². The van der Waals surface area contributed by atoms with Gasteiger partial charge in [0.2, 0.25) is 0 Å². The van der Waals surface area contributed by atoms with Crippen LogP contribution < -0.4 is 10.6 Å². The standard InChI is InChI=1S/C11H12BrClN4O5/c12-1-3-15(4-2-13)9-5-7(11(14)18)8(16(19)20)6-10(9)17(21)22/h5-6H,1-4H2,(H2,14,18). The number of nitro benzene ring substituents is 2. The van der Waals surface area contributed by atoms with Crippen molar-refractivity contribution in [2.24, 2.45) is 5.73 Å². The summed E-state index contributed by atoms with van der Waals surface area (Å²) in [6.45, 7) is 0.633. The van der Waals surface area contributed by atoms with E-state index in [1.54, 1.807) is 4.90 Å². The van der Waals surface area contributed by atoms with Crippen LogP contribution in [0.1, 0.15) is 10.4 Å². The lowest BCUT2D eigenvalue weighted by Crippen LogP contribution is -2.29. The first kappa shape index (κ1) is 18.1. The van der Waals surface area contributed by atoms with Crippen LogP contribution in [0, 0.1) is 20.2 Å². The predicted octanol–water partition coefficient (Wildman–Crippen LogP) is 2.04. The van der Waals surface area contributed by atoms with Crippen LogP contribution in [0.25, 0.3) is 0 Å². The summed E-state index contributed by atoms with van der Waals surface area (Å²) in [5.74, 6) is -0.847. The van der Waals surface area contributed by atoms with Gasteiger partial charge in [-0.3, -0.25) is 25.0 Å². The minimum Gasteiger partial charge on any atom is -0.365 e. The van der Waals surface area contributed by atoms with Crippen molar-refractivity contribution >= 4 is 50.5 Å². The fourth-order valence-electron chi connectivity index (χ4n) is 1.87. The van der Waals surface area contributed by atoms with E-state index < -0.39 is 27.1 Å². The number of halogens is 2. The molecule has 1 rings (SSSR count). The summed E-state index contributed by atoms with van der Waals surface area (Å²) in [5, 5.41) is 22.6. The molecule has 0 radical (unpaired) electrons. The van der Waals surface area contributed by atoms with Crippen LogP contribution in [-0.4, -0.2) is 40.1 Å². The molecule has 120 valence electrons. The highest BCUT2D eigenvalue weighted by Crippen LogP contribution is 2.35. The number of carbonyl (C=O) groups excluding carboxylic acids is 1. The minimum atomic E-state index is -1.03. The van der Waals surface area contributed by atoms with E-state index in [1.165, 1.54) is 0 Å². The van der Waals surface area contributed by atoms with Crippen LogP contribution in [0.2, 0.25) is 0 Å². The van der Waals surface area contributed by atoms with Gasteiger partial charge in [-0.2, -0.15) is 0 Å². The van der Waals surface area contributed by atoms with Crippen LogP contribution in [0.3, 0.4) is 0 Å². The smallest absolute Gasteiger partial charge is 0.299 e. The highest BCUT2D eigenvalue weighted by molar-refractivity contribution is 9.09. The predicted molar refractivity (Wildman–Crippen MR) is 85.0 cm³/mol. The van der Waals surface area contributed by atoms with Gasteiger partial charge in [-0.15, -0.1) is 11.6 Å². The Kier molecular flexibility index (Phi) is 6.50. The van der Waals surface area contributed by atoms with Crippen molar-refractivity contribution in [1.29, 1.82) is 0 Å². The number of carbonyl (C=O) groups is 1. The SMILES string of the molecule is NC(=O)c1cc(N(CCCl)CCBr)c([N+](=O)[O-])cc1[N+](=O)[O-]. The van der Waals surface area contributed by atoms with E-state index >= 15 is 0 Å². The Morgan fingerprint density at radius 1 is 1.23 bits per heavy atom. The molecule has 0 atom stereocenters. The molecule has 0 aliphatic rings. The molecule has 0 heterocycles. The quantitative estimate of drug-likeness (QED) is 0.407. The maximum Gasteiger partial charge on any atom is 0.299 e. The van der Waals surface area contributed by atoms with Gasteiger partial charge in [0.1, 0.15) is 11.3 Å². The Balaban J connectivity index is 3.59. The molecule has 0 fully saturated rings. The first-order valence-corrected chi connectivity index (χ1v) is 7.62. The fourth-order valence-corrected chi connectivity index (χ4v) is 2.50. The number of rotatable bonds is 8. The van der Waals surface area contributed by atoms with E-state index in [2.05, 4.69) is 15.9 Å². The van der Waals surface area contributed by atoms with Crippen molar-refractivity contribution in [1.82, 2.24) is 0 Å². The maximum atomic E-state index is 11.4. The fraction of sp³-hybridized carbons (Fsp3) is 0.364. The third kappa shape index (κ3) is 4.04. The number of primary amides is 1. The molecule has 0 bridgehead atoms. The van der Waals surface area contributed by atoms with E-state index in [0.29, 0.717) is 11.9 Å². The Hall–Kier alpha value is -1.94. The Bertz CT molecular complexity index is 606. The molecule has 0 saturated heterocycles. The lowest BCUT2D eigenvalue weighted by Gasteiger charge is -2.23. The van der Waals surface area contributed by atoms with Gasteiger partial charge in [0, 0.05) is 24.3 Å². The van der Waals surface area contributed by atoms with E-state index in [1.807, 2.05) is 0 Å². The average molecular weight is 396 g/mol. The number of anilines is 1. The number of alkyl halides is 2. The van der Waals surface area contributed by atoms with Gasteiger partial charge < -0.3 is 10.6 Å². The van der Waals surface area contributed by atoms with E-state index in [0.717, 1.165) is 12.1 Å². The highest BCUT2D eigenvalue weighted by Gasteiger charge is 2.29. The zero-order valence-electron chi connectivity index (χ0n) is 11.2. The number of nitrogens with two attached hydrogens (primary N) is 1. The third-order valence-corrected chi connectivity index (χ3v) is 3.32. The second-order valence-electron chi connectivity index (χ2n) is 4.10. The van der Waals surface area contributed by atoms with Gasteiger partial charge >= 0.3 is 0 Å². The normalized spacial score (nSPS) is 10.3. The summed E-state index contributed by atoms with van der Waals surface area (Å²) < 4.78 is 0. The summed E-state index contributed by atoms with van der Waals surface area (Å²) in [7, 11) is 0. The molecule has 0 unspecified atom stereocenters. The minimum absolute atomic E-state index is 0.0597. The maximum absolute atomic E-state index is 11.4.